The van der Waals surface area contributed by atoms with Crippen molar-refractivity contribution < 1.29 is 0 Å². The molecule has 1 N–H and O–H groups in total. The highest BCUT2D eigenvalue weighted by molar-refractivity contribution is 4.83. The van der Waals surface area contributed by atoms with E-state index in [9.17, 15) is 0 Å². The largest absolute Gasteiger partial charge is 0.316 e. The van der Waals surface area contributed by atoms with Gasteiger partial charge in [-0.1, -0.05) is 0 Å². The molecule has 2 aliphatic heterocycles. The molecule has 0 aromatic heterocycles. The Morgan fingerprint density at radius 3 is 2.62 bits per heavy atom. The minimum Gasteiger partial charge on any atom is -0.316 e. The summed E-state index contributed by atoms with van der Waals surface area (Å²) in [5.74, 6) is 0.922. The lowest BCUT2D eigenvalue weighted by Crippen LogP contribution is -2.55. The standard InChI is InChI=1S/C10H21N3/c1-9-7-12(2)3-4-13(9)8-10-5-11-6-10/h9-11H,3-8H2,1-2H3. The van der Waals surface area contributed by atoms with E-state index >= 15 is 0 Å². The van der Waals surface area contributed by atoms with Gasteiger partial charge in [0.05, 0.1) is 0 Å². The first kappa shape index (κ1) is 9.44. The smallest absolute Gasteiger partial charge is 0.0195 e. The van der Waals surface area contributed by atoms with Crippen LogP contribution in [0.1, 0.15) is 6.92 Å². The molecule has 0 aromatic carbocycles. The normalized spacial score (nSPS) is 33.2. The van der Waals surface area contributed by atoms with Gasteiger partial charge in [-0.25, -0.2) is 0 Å². The summed E-state index contributed by atoms with van der Waals surface area (Å²) in [6.45, 7) is 9.86. The Hall–Kier alpha value is -0.120. The van der Waals surface area contributed by atoms with Crippen molar-refractivity contribution in [3.05, 3.63) is 0 Å². The van der Waals surface area contributed by atoms with E-state index < -0.39 is 0 Å². The summed E-state index contributed by atoms with van der Waals surface area (Å²) < 4.78 is 0. The van der Waals surface area contributed by atoms with Crippen LogP contribution in [0.5, 0.6) is 0 Å². The maximum absolute atomic E-state index is 3.34. The average molecular weight is 183 g/mol. The summed E-state index contributed by atoms with van der Waals surface area (Å²) in [5, 5.41) is 3.34. The molecular formula is C10H21N3. The van der Waals surface area contributed by atoms with Crippen LogP contribution in [0.4, 0.5) is 0 Å². The Balaban J connectivity index is 1.77. The number of piperazine rings is 1. The van der Waals surface area contributed by atoms with Gasteiger partial charge in [0.1, 0.15) is 0 Å². The van der Waals surface area contributed by atoms with E-state index in [1.807, 2.05) is 0 Å². The van der Waals surface area contributed by atoms with Crippen LogP contribution in [0, 0.1) is 5.92 Å². The zero-order valence-electron chi connectivity index (χ0n) is 8.79. The van der Waals surface area contributed by atoms with Gasteiger partial charge < -0.3 is 10.2 Å². The highest BCUT2D eigenvalue weighted by Crippen LogP contribution is 2.12. The van der Waals surface area contributed by atoms with Gasteiger partial charge in [-0.2, -0.15) is 0 Å². The third-order valence-corrected chi connectivity index (χ3v) is 3.33. The number of hydrogen-bond acceptors (Lipinski definition) is 3. The maximum atomic E-state index is 3.34. The van der Waals surface area contributed by atoms with Gasteiger partial charge >= 0.3 is 0 Å². The Morgan fingerprint density at radius 2 is 2.08 bits per heavy atom. The lowest BCUT2D eigenvalue weighted by molar-refractivity contribution is 0.0752. The molecule has 0 aromatic rings. The zero-order valence-corrected chi connectivity index (χ0v) is 8.79. The van der Waals surface area contributed by atoms with Gasteiger partial charge in [-0.15, -0.1) is 0 Å². The summed E-state index contributed by atoms with van der Waals surface area (Å²) in [6.07, 6.45) is 0. The van der Waals surface area contributed by atoms with Crippen molar-refractivity contribution in [2.75, 3.05) is 46.3 Å². The molecule has 3 nitrogen and oxygen atoms in total. The van der Waals surface area contributed by atoms with Crippen LogP contribution in [0.3, 0.4) is 0 Å². The first-order chi connectivity index (χ1) is 6.25. The van der Waals surface area contributed by atoms with Crippen molar-refractivity contribution in [1.29, 1.82) is 0 Å². The van der Waals surface area contributed by atoms with E-state index in [1.54, 1.807) is 0 Å². The van der Waals surface area contributed by atoms with E-state index in [0.29, 0.717) is 0 Å². The first-order valence-corrected chi connectivity index (χ1v) is 5.39. The summed E-state index contributed by atoms with van der Waals surface area (Å²) in [4.78, 5) is 5.08. The van der Waals surface area contributed by atoms with Crippen molar-refractivity contribution in [2.24, 2.45) is 5.92 Å². The first-order valence-electron chi connectivity index (χ1n) is 5.39. The van der Waals surface area contributed by atoms with Gasteiger partial charge in [-0.3, -0.25) is 4.90 Å². The molecular weight excluding hydrogens is 162 g/mol. The van der Waals surface area contributed by atoms with Crippen LogP contribution in [0.15, 0.2) is 0 Å². The second-order valence-electron chi connectivity index (χ2n) is 4.63. The topological polar surface area (TPSA) is 18.5 Å². The van der Waals surface area contributed by atoms with Crippen molar-refractivity contribution in [1.82, 2.24) is 15.1 Å². The molecule has 2 rings (SSSR count). The predicted molar refractivity (Wildman–Crippen MR) is 54.9 cm³/mol. The van der Waals surface area contributed by atoms with E-state index in [-0.39, 0.29) is 0 Å². The summed E-state index contributed by atoms with van der Waals surface area (Å²) in [7, 11) is 2.22. The zero-order chi connectivity index (χ0) is 9.26. The number of likely N-dealkylation sites (N-methyl/N-ethyl adjacent to an activating group) is 1. The number of nitrogens with zero attached hydrogens (tertiary/aromatic N) is 2. The Labute approximate surface area is 81.1 Å². The number of rotatable bonds is 2. The van der Waals surface area contributed by atoms with E-state index in [4.69, 9.17) is 0 Å². The van der Waals surface area contributed by atoms with Gasteiger partial charge in [0.25, 0.3) is 0 Å². The monoisotopic (exact) mass is 183 g/mol. The molecule has 0 spiro atoms. The molecule has 2 heterocycles. The quantitative estimate of drug-likeness (QED) is 0.642. The van der Waals surface area contributed by atoms with Gasteiger partial charge in [0, 0.05) is 45.3 Å². The fourth-order valence-corrected chi connectivity index (χ4v) is 2.26. The molecule has 0 bridgehead atoms. The Bertz CT molecular complexity index is 168. The lowest BCUT2D eigenvalue weighted by atomic mass is 10.0. The number of hydrogen-bond donors (Lipinski definition) is 1. The van der Waals surface area contributed by atoms with Crippen molar-refractivity contribution >= 4 is 0 Å². The molecule has 76 valence electrons. The van der Waals surface area contributed by atoms with Crippen LogP contribution in [-0.2, 0) is 0 Å². The summed E-state index contributed by atoms with van der Waals surface area (Å²) in [5.41, 5.74) is 0. The predicted octanol–water partition coefficient (Wildman–Crippen LogP) is -0.158. The molecule has 0 aliphatic carbocycles. The third-order valence-electron chi connectivity index (χ3n) is 3.33. The average Bonchev–Trinajstić information content (AvgIpc) is 1.99. The second-order valence-corrected chi connectivity index (χ2v) is 4.63. The minimum absolute atomic E-state index is 0.749. The van der Waals surface area contributed by atoms with Gasteiger partial charge in [0.2, 0.25) is 0 Å². The second kappa shape index (κ2) is 3.95. The minimum atomic E-state index is 0.749. The molecule has 2 saturated heterocycles. The fourth-order valence-electron chi connectivity index (χ4n) is 2.26. The molecule has 2 fully saturated rings. The van der Waals surface area contributed by atoms with E-state index in [2.05, 4.69) is 29.1 Å². The molecule has 1 unspecified atom stereocenters. The molecule has 0 amide bonds. The summed E-state index contributed by atoms with van der Waals surface area (Å²) >= 11 is 0. The number of nitrogens with one attached hydrogen (secondary N) is 1. The molecule has 0 radical (unpaired) electrons. The van der Waals surface area contributed by atoms with Gasteiger partial charge in [0.15, 0.2) is 0 Å². The highest BCUT2D eigenvalue weighted by atomic mass is 15.3. The van der Waals surface area contributed by atoms with Crippen LogP contribution < -0.4 is 5.32 Å². The van der Waals surface area contributed by atoms with Crippen molar-refractivity contribution in [3.63, 3.8) is 0 Å². The molecule has 13 heavy (non-hydrogen) atoms. The van der Waals surface area contributed by atoms with E-state index in [1.165, 1.54) is 39.3 Å². The fraction of sp³-hybridized carbons (Fsp3) is 1.00. The van der Waals surface area contributed by atoms with Crippen LogP contribution >= 0.6 is 0 Å². The van der Waals surface area contributed by atoms with Crippen molar-refractivity contribution in [2.45, 2.75) is 13.0 Å². The van der Waals surface area contributed by atoms with Crippen LogP contribution in [0.25, 0.3) is 0 Å². The van der Waals surface area contributed by atoms with Gasteiger partial charge in [-0.05, 0) is 19.9 Å². The lowest BCUT2D eigenvalue weighted by Gasteiger charge is -2.41. The Morgan fingerprint density at radius 1 is 1.31 bits per heavy atom. The SMILES string of the molecule is CC1CN(C)CCN1CC1CNC1. The van der Waals surface area contributed by atoms with Crippen LogP contribution in [0.2, 0.25) is 0 Å². The maximum Gasteiger partial charge on any atom is 0.0195 e. The molecule has 3 heteroatoms. The van der Waals surface area contributed by atoms with E-state index in [0.717, 1.165) is 12.0 Å². The molecule has 2 aliphatic rings. The molecule has 1 atom stereocenters. The summed E-state index contributed by atoms with van der Waals surface area (Å²) in [6, 6.07) is 0.749. The van der Waals surface area contributed by atoms with Crippen LogP contribution in [-0.4, -0.2) is 62.2 Å². The highest BCUT2D eigenvalue weighted by Gasteiger charge is 2.26. The Kier molecular flexibility index (Phi) is 2.86. The third kappa shape index (κ3) is 2.22. The molecule has 0 saturated carbocycles. The van der Waals surface area contributed by atoms with Crippen molar-refractivity contribution in [3.8, 4) is 0 Å².